The molecule has 180 valence electrons. The van der Waals surface area contributed by atoms with Gasteiger partial charge in [0, 0.05) is 23.0 Å². The van der Waals surface area contributed by atoms with Gasteiger partial charge in [-0.2, -0.15) is 0 Å². The number of aryl methyl sites for hydroxylation is 1. The van der Waals surface area contributed by atoms with Crippen molar-refractivity contribution < 1.29 is 19.6 Å². The van der Waals surface area contributed by atoms with Crippen LogP contribution >= 0.6 is 15.9 Å². The van der Waals surface area contributed by atoms with Crippen LogP contribution in [0.15, 0.2) is 47.2 Å². The van der Waals surface area contributed by atoms with Crippen LogP contribution in [-0.2, 0) is 0 Å². The highest BCUT2D eigenvalue weighted by Crippen LogP contribution is 2.27. The van der Waals surface area contributed by atoms with E-state index in [-0.39, 0.29) is 23.4 Å². The standard InChI is InChI=1S/C24H24BrN7O3/c1-13-5-6-14(25)11-17(13)29-22(33)20-21(28-12-27-20)23(34)32-24-30-16-3-2-4-18(19(16)31-24)35-15-7-9-26-10-8-15/h2-6,11-12,15,26H,7-10H2,1H3,(H,27,28)(H,29,33)(H2,30,31,32,34)/p+1. The summed E-state index contributed by atoms with van der Waals surface area (Å²) < 4.78 is 7.02. The molecule has 6 N–H and O–H groups in total. The van der Waals surface area contributed by atoms with E-state index < -0.39 is 11.8 Å². The number of fused-ring (bicyclic) bond motifs is 1. The maximum absolute atomic E-state index is 13.0. The topological polar surface area (TPSA) is 141 Å². The Morgan fingerprint density at radius 3 is 2.80 bits per heavy atom. The number of hydrogen-bond donors (Lipinski definition) is 5. The van der Waals surface area contributed by atoms with E-state index in [0.29, 0.717) is 17.0 Å². The quantitative estimate of drug-likeness (QED) is 0.256. The van der Waals surface area contributed by atoms with Gasteiger partial charge >= 0.3 is 0 Å². The molecule has 0 atom stereocenters. The number of anilines is 2. The van der Waals surface area contributed by atoms with Gasteiger partial charge in [-0.3, -0.25) is 14.9 Å². The van der Waals surface area contributed by atoms with Gasteiger partial charge in [0.05, 0.1) is 24.9 Å². The van der Waals surface area contributed by atoms with Crippen molar-refractivity contribution in [3.8, 4) is 5.75 Å². The van der Waals surface area contributed by atoms with Crippen LogP contribution in [-0.4, -0.2) is 50.9 Å². The van der Waals surface area contributed by atoms with Gasteiger partial charge in [-0.1, -0.05) is 28.1 Å². The molecule has 2 aromatic carbocycles. The number of benzene rings is 2. The van der Waals surface area contributed by atoms with Crippen molar-refractivity contribution in [3.63, 3.8) is 0 Å². The van der Waals surface area contributed by atoms with Gasteiger partial charge in [0.25, 0.3) is 11.8 Å². The van der Waals surface area contributed by atoms with Crippen molar-refractivity contribution in [2.24, 2.45) is 0 Å². The van der Waals surface area contributed by atoms with E-state index in [1.807, 2.05) is 37.3 Å². The van der Waals surface area contributed by atoms with Gasteiger partial charge in [-0.05, 0) is 36.8 Å². The lowest BCUT2D eigenvalue weighted by atomic mass is 10.1. The van der Waals surface area contributed by atoms with Crippen LogP contribution in [0.1, 0.15) is 39.4 Å². The van der Waals surface area contributed by atoms with Crippen molar-refractivity contribution in [2.75, 3.05) is 23.7 Å². The number of carbonyl (C=O) groups excluding carboxylic acids is 2. The number of H-pyrrole nitrogens is 2. The monoisotopic (exact) mass is 538 g/mol. The Kier molecular flexibility index (Phi) is 6.51. The van der Waals surface area contributed by atoms with Gasteiger partial charge in [0.1, 0.15) is 23.1 Å². The molecule has 0 saturated carbocycles. The fourth-order valence-corrected chi connectivity index (χ4v) is 4.43. The van der Waals surface area contributed by atoms with Crippen LogP contribution in [0, 0.1) is 6.92 Å². The van der Waals surface area contributed by atoms with Crippen LogP contribution in [0.2, 0.25) is 0 Å². The Morgan fingerprint density at radius 2 is 1.97 bits per heavy atom. The number of rotatable bonds is 6. The second kappa shape index (κ2) is 9.88. The number of ether oxygens (including phenoxy) is 1. The Labute approximate surface area is 209 Å². The number of aromatic amines is 2. The first-order valence-corrected chi connectivity index (χ1v) is 12.2. The molecule has 4 aromatic rings. The number of carbonyl (C=O) groups is 2. The fraction of sp³-hybridized carbons (Fsp3) is 0.250. The third-order valence-electron chi connectivity index (χ3n) is 5.92. The summed E-state index contributed by atoms with van der Waals surface area (Å²) in [5.41, 5.74) is 2.91. The molecule has 3 heterocycles. The largest absolute Gasteiger partial charge is 0.488 e. The molecule has 11 heteroatoms. The summed E-state index contributed by atoms with van der Waals surface area (Å²) in [6, 6.07) is 11.2. The number of piperidine rings is 1. The zero-order valence-corrected chi connectivity index (χ0v) is 20.6. The molecule has 5 rings (SSSR count). The maximum atomic E-state index is 13.0. The van der Waals surface area contributed by atoms with Gasteiger partial charge in [0.15, 0.2) is 5.69 Å². The summed E-state index contributed by atoms with van der Waals surface area (Å²) in [5.74, 6) is -0.107. The first kappa shape index (κ1) is 23.1. The molecule has 2 aromatic heterocycles. The van der Waals surface area contributed by atoms with E-state index in [1.165, 1.54) is 6.33 Å². The Bertz CT molecular complexity index is 1390. The summed E-state index contributed by atoms with van der Waals surface area (Å²) in [6.07, 6.45) is 3.42. The molecule has 1 fully saturated rings. The predicted molar refractivity (Wildman–Crippen MR) is 135 cm³/mol. The first-order chi connectivity index (χ1) is 17.0. The summed E-state index contributed by atoms with van der Waals surface area (Å²) in [4.78, 5) is 40.3. The third-order valence-corrected chi connectivity index (χ3v) is 6.41. The maximum Gasteiger partial charge on any atom is 0.276 e. The zero-order valence-electron chi connectivity index (χ0n) is 19.0. The summed E-state index contributed by atoms with van der Waals surface area (Å²) in [5, 5.41) is 7.81. The average molecular weight is 539 g/mol. The van der Waals surface area contributed by atoms with E-state index in [0.717, 1.165) is 41.5 Å². The zero-order chi connectivity index (χ0) is 24.4. The minimum Gasteiger partial charge on any atom is -0.488 e. The van der Waals surface area contributed by atoms with Crippen LogP contribution in [0.25, 0.3) is 11.0 Å². The normalized spacial score (nSPS) is 14.1. The number of nitrogens with zero attached hydrogens (tertiary/aromatic N) is 2. The summed E-state index contributed by atoms with van der Waals surface area (Å²) >= 11 is 3.40. The van der Waals surface area contributed by atoms with Gasteiger partial charge in [0.2, 0.25) is 5.95 Å². The van der Waals surface area contributed by atoms with E-state index in [2.05, 4.69) is 51.8 Å². The SMILES string of the molecule is Cc1ccc(Br)cc1NC(=O)c1nc[nH]c1C(=O)Nc1nc2c(OC3CC[NH2+]CC3)cccc2[nH]1. The molecule has 0 unspecified atom stereocenters. The first-order valence-electron chi connectivity index (χ1n) is 11.4. The number of hydrogen-bond acceptors (Lipinski definition) is 5. The molecule has 2 amide bonds. The lowest BCUT2D eigenvalue weighted by Crippen LogP contribution is -2.86. The lowest BCUT2D eigenvalue weighted by molar-refractivity contribution is -0.664. The van der Waals surface area contributed by atoms with Crippen molar-refractivity contribution in [3.05, 3.63) is 64.1 Å². The van der Waals surface area contributed by atoms with Gasteiger partial charge in [-0.25, -0.2) is 9.97 Å². The van der Waals surface area contributed by atoms with E-state index >= 15 is 0 Å². The Morgan fingerprint density at radius 1 is 1.14 bits per heavy atom. The molecule has 1 saturated heterocycles. The summed E-state index contributed by atoms with van der Waals surface area (Å²) in [7, 11) is 0. The molecule has 0 aliphatic carbocycles. The van der Waals surface area contributed by atoms with Crippen LogP contribution in [0.3, 0.4) is 0 Å². The lowest BCUT2D eigenvalue weighted by Gasteiger charge is -2.21. The number of para-hydroxylation sites is 1. The molecule has 0 bridgehead atoms. The smallest absolute Gasteiger partial charge is 0.276 e. The van der Waals surface area contributed by atoms with E-state index in [9.17, 15) is 9.59 Å². The van der Waals surface area contributed by atoms with Gasteiger partial charge < -0.3 is 25.3 Å². The molecule has 1 aliphatic rings. The van der Waals surface area contributed by atoms with E-state index in [4.69, 9.17) is 4.74 Å². The second-order valence-corrected chi connectivity index (χ2v) is 9.33. The van der Waals surface area contributed by atoms with Crippen molar-refractivity contribution in [1.82, 2.24) is 19.9 Å². The third kappa shape index (κ3) is 5.05. The average Bonchev–Trinajstić information content (AvgIpc) is 3.50. The second-order valence-electron chi connectivity index (χ2n) is 8.41. The minimum absolute atomic E-state index is 0.0175. The highest BCUT2D eigenvalue weighted by molar-refractivity contribution is 9.10. The van der Waals surface area contributed by atoms with Crippen LogP contribution in [0.5, 0.6) is 5.75 Å². The number of halogens is 1. The van der Waals surface area contributed by atoms with E-state index in [1.54, 1.807) is 6.07 Å². The fourth-order valence-electron chi connectivity index (χ4n) is 4.07. The molecule has 0 spiro atoms. The van der Waals surface area contributed by atoms with Gasteiger partial charge in [-0.15, -0.1) is 0 Å². The number of aromatic nitrogens is 4. The number of quaternary nitrogens is 1. The number of amides is 2. The summed E-state index contributed by atoms with van der Waals surface area (Å²) in [6.45, 7) is 3.97. The van der Waals surface area contributed by atoms with Crippen molar-refractivity contribution in [1.29, 1.82) is 0 Å². The molecule has 10 nitrogen and oxygen atoms in total. The number of imidazole rings is 2. The molecular formula is C24H25BrN7O3+. The highest BCUT2D eigenvalue weighted by Gasteiger charge is 2.23. The minimum atomic E-state index is -0.539. The predicted octanol–water partition coefficient (Wildman–Crippen LogP) is 2.97. The van der Waals surface area contributed by atoms with Crippen molar-refractivity contribution in [2.45, 2.75) is 25.9 Å². The molecule has 1 aliphatic heterocycles. The molecule has 35 heavy (non-hydrogen) atoms. The van der Waals surface area contributed by atoms with Crippen molar-refractivity contribution >= 4 is 50.4 Å². The van der Waals surface area contributed by atoms with Crippen LogP contribution < -0.4 is 20.7 Å². The number of nitrogens with two attached hydrogens (primary N) is 1. The molecular weight excluding hydrogens is 514 g/mol. The molecule has 0 radical (unpaired) electrons. The number of nitrogens with one attached hydrogen (secondary N) is 4. The Balaban J connectivity index is 1.33. The Hall–Kier alpha value is -3.70. The van der Waals surface area contributed by atoms with Crippen LogP contribution in [0.4, 0.5) is 11.6 Å². The highest BCUT2D eigenvalue weighted by atomic mass is 79.9.